The Labute approximate surface area is 230 Å². The molecule has 0 amide bonds. The molecule has 4 rings (SSSR count). The second-order valence-corrected chi connectivity index (χ2v) is 10.6. The van der Waals surface area contributed by atoms with E-state index in [0.29, 0.717) is 61.8 Å². The van der Waals surface area contributed by atoms with Gasteiger partial charge in [0.05, 0.1) is 35.6 Å². The quantitative estimate of drug-likeness (QED) is 0.352. The molecule has 0 fully saturated rings. The molecule has 0 N–H and O–H groups in total. The van der Waals surface area contributed by atoms with Crippen LogP contribution in [0.3, 0.4) is 0 Å². The third kappa shape index (κ3) is 5.71. The molecule has 0 saturated carbocycles. The van der Waals surface area contributed by atoms with E-state index >= 15 is 0 Å². The highest BCUT2D eigenvalue weighted by Gasteiger charge is 2.34. The number of hydrogen-bond donors (Lipinski definition) is 0. The minimum absolute atomic E-state index is 0.203. The number of benzene rings is 2. The van der Waals surface area contributed by atoms with Crippen molar-refractivity contribution in [1.29, 1.82) is 0 Å². The van der Waals surface area contributed by atoms with Crippen molar-refractivity contribution in [2.24, 2.45) is 10.9 Å². The molecular weight excluding hydrogens is 524 g/mol. The van der Waals surface area contributed by atoms with Crippen LogP contribution in [0.25, 0.3) is 6.08 Å². The lowest BCUT2D eigenvalue weighted by atomic mass is 9.96. The molecule has 0 saturated heterocycles. The summed E-state index contributed by atoms with van der Waals surface area (Å²) in [6.07, 6.45) is 1.80. The van der Waals surface area contributed by atoms with Gasteiger partial charge in [0, 0.05) is 5.02 Å². The average Bonchev–Trinajstić information content (AvgIpc) is 3.17. The van der Waals surface area contributed by atoms with Crippen molar-refractivity contribution in [3.8, 4) is 11.5 Å². The second-order valence-electron chi connectivity index (χ2n) is 9.17. The molecule has 3 aromatic rings. The van der Waals surface area contributed by atoms with E-state index < -0.39 is 12.0 Å². The van der Waals surface area contributed by atoms with Crippen molar-refractivity contribution >= 4 is 35.0 Å². The zero-order valence-electron chi connectivity index (χ0n) is 22.1. The lowest BCUT2D eigenvalue weighted by Crippen LogP contribution is -2.40. The molecule has 7 nitrogen and oxygen atoms in total. The topological polar surface area (TPSA) is 79.1 Å². The number of fused-ring (bicyclic) bond motifs is 1. The highest BCUT2D eigenvalue weighted by Crippen LogP contribution is 2.34. The Morgan fingerprint density at radius 2 is 1.89 bits per heavy atom. The number of aromatic nitrogens is 1. The number of carbonyl (C=O) groups excluding carboxylic acids is 1. The number of halogens is 1. The summed E-state index contributed by atoms with van der Waals surface area (Å²) in [6.45, 7) is 10.8. The van der Waals surface area contributed by atoms with Crippen LogP contribution in [0.1, 0.15) is 51.8 Å². The molecule has 0 aliphatic carbocycles. The van der Waals surface area contributed by atoms with E-state index in [1.807, 2.05) is 37.3 Å². The van der Waals surface area contributed by atoms with E-state index in [2.05, 4.69) is 18.8 Å². The average molecular weight is 555 g/mol. The number of nitrogens with zero attached hydrogens (tertiary/aromatic N) is 2. The smallest absolute Gasteiger partial charge is 0.338 e. The van der Waals surface area contributed by atoms with Gasteiger partial charge in [-0.3, -0.25) is 9.36 Å². The van der Waals surface area contributed by atoms with Crippen molar-refractivity contribution in [3.05, 3.63) is 89.6 Å². The summed E-state index contributed by atoms with van der Waals surface area (Å²) in [4.78, 5) is 31.9. The van der Waals surface area contributed by atoms with Crippen LogP contribution in [0.2, 0.25) is 5.02 Å². The maximum atomic E-state index is 13.8. The van der Waals surface area contributed by atoms with Crippen molar-refractivity contribution in [2.45, 2.75) is 40.7 Å². The van der Waals surface area contributed by atoms with Crippen LogP contribution in [-0.4, -0.2) is 30.4 Å². The first-order chi connectivity index (χ1) is 18.2. The van der Waals surface area contributed by atoms with Gasteiger partial charge in [-0.2, -0.15) is 0 Å². The van der Waals surface area contributed by atoms with E-state index in [-0.39, 0.29) is 12.2 Å². The van der Waals surface area contributed by atoms with Crippen LogP contribution in [0, 0.1) is 5.92 Å². The minimum atomic E-state index is -0.757. The lowest BCUT2D eigenvalue weighted by Gasteiger charge is -2.25. The fourth-order valence-corrected chi connectivity index (χ4v) is 5.48. The number of rotatable bonds is 9. The zero-order chi connectivity index (χ0) is 27.4. The van der Waals surface area contributed by atoms with Crippen LogP contribution in [0.5, 0.6) is 11.5 Å². The Bertz CT molecular complexity index is 1550. The highest BCUT2D eigenvalue weighted by molar-refractivity contribution is 7.07. The van der Waals surface area contributed by atoms with E-state index in [4.69, 9.17) is 25.8 Å². The Morgan fingerprint density at radius 3 is 2.58 bits per heavy atom. The minimum Gasteiger partial charge on any atom is -0.490 e. The van der Waals surface area contributed by atoms with Gasteiger partial charge in [0.15, 0.2) is 16.3 Å². The lowest BCUT2D eigenvalue weighted by molar-refractivity contribution is -0.139. The van der Waals surface area contributed by atoms with Gasteiger partial charge in [-0.1, -0.05) is 61.1 Å². The fourth-order valence-electron chi connectivity index (χ4n) is 4.19. The van der Waals surface area contributed by atoms with Crippen molar-refractivity contribution in [1.82, 2.24) is 4.57 Å². The molecule has 1 aromatic heterocycles. The molecule has 1 atom stereocenters. The predicted molar refractivity (Wildman–Crippen MR) is 150 cm³/mol. The van der Waals surface area contributed by atoms with Gasteiger partial charge in [-0.05, 0) is 62.1 Å². The summed E-state index contributed by atoms with van der Waals surface area (Å²) < 4.78 is 19.1. The molecule has 200 valence electrons. The number of thiazole rings is 1. The van der Waals surface area contributed by atoms with Crippen LogP contribution in [0.15, 0.2) is 63.5 Å². The Hall–Kier alpha value is -3.36. The van der Waals surface area contributed by atoms with Gasteiger partial charge in [0.2, 0.25) is 0 Å². The van der Waals surface area contributed by atoms with Crippen molar-refractivity contribution < 1.29 is 19.0 Å². The van der Waals surface area contributed by atoms with Crippen molar-refractivity contribution in [3.63, 3.8) is 0 Å². The number of ether oxygens (including phenoxy) is 3. The largest absolute Gasteiger partial charge is 0.490 e. The van der Waals surface area contributed by atoms with E-state index in [9.17, 15) is 9.59 Å². The Morgan fingerprint density at radius 1 is 1.13 bits per heavy atom. The molecule has 1 aliphatic rings. The number of carbonyl (C=O) groups is 1. The number of hydrogen-bond acceptors (Lipinski definition) is 7. The summed E-state index contributed by atoms with van der Waals surface area (Å²) in [5.74, 6) is 1.13. The molecule has 0 unspecified atom stereocenters. The molecule has 0 radical (unpaired) electrons. The Kier molecular flexibility index (Phi) is 8.74. The van der Waals surface area contributed by atoms with E-state index in [1.54, 1.807) is 32.1 Å². The fraction of sp³-hybridized carbons (Fsp3) is 0.345. The molecule has 0 bridgehead atoms. The molecule has 0 spiro atoms. The summed E-state index contributed by atoms with van der Waals surface area (Å²) in [6, 6.07) is 12.0. The summed E-state index contributed by atoms with van der Waals surface area (Å²) in [5.41, 5.74) is 1.93. The van der Waals surface area contributed by atoms with Crippen molar-refractivity contribution in [2.75, 3.05) is 19.8 Å². The van der Waals surface area contributed by atoms with Crippen LogP contribution in [0.4, 0.5) is 0 Å². The first-order valence-electron chi connectivity index (χ1n) is 12.6. The molecule has 9 heteroatoms. The molecule has 2 aromatic carbocycles. The summed E-state index contributed by atoms with van der Waals surface area (Å²) >= 11 is 7.82. The van der Waals surface area contributed by atoms with Crippen LogP contribution < -0.4 is 24.4 Å². The standard InChI is InChI=1S/C29H31ClN2O5S/c1-6-35-23-14-19(12-13-22(23)37-16-17(3)4)15-24-27(33)32-26(20-10-8-9-11-21(20)30)25(28(34)36-7-2)18(5)31-29(32)38-24/h8-15,17,26H,6-7,16H2,1-5H3/b24-15+/t26-/m0/s1. The molecule has 1 aliphatic heterocycles. The van der Waals surface area contributed by atoms with Crippen LogP contribution >= 0.6 is 22.9 Å². The second kappa shape index (κ2) is 12.0. The summed E-state index contributed by atoms with van der Waals surface area (Å²) in [5, 5.41) is 0.446. The number of allylic oxidation sites excluding steroid dienone is 1. The predicted octanol–water partition coefficient (Wildman–Crippen LogP) is 4.89. The SMILES string of the molecule is CCOC(=O)C1=C(C)N=c2s/c(=C/c3ccc(OCC(C)C)c(OCC)c3)c(=O)n2[C@H]1c1ccccc1Cl. The maximum Gasteiger partial charge on any atom is 0.338 e. The first-order valence-corrected chi connectivity index (χ1v) is 13.8. The third-order valence-corrected chi connectivity index (χ3v) is 7.18. The maximum absolute atomic E-state index is 13.8. The third-order valence-electron chi connectivity index (χ3n) is 5.85. The number of esters is 1. The molecule has 2 heterocycles. The normalized spacial score (nSPS) is 15.3. The van der Waals surface area contributed by atoms with E-state index in [1.165, 1.54) is 15.9 Å². The Balaban J connectivity index is 1.86. The van der Waals surface area contributed by atoms with E-state index in [0.717, 1.165) is 5.56 Å². The monoisotopic (exact) mass is 554 g/mol. The van der Waals surface area contributed by atoms with Gasteiger partial charge in [0.25, 0.3) is 5.56 Å². The summed E-state index contributed by atoms with van der Waals surface area (Å²) in [7, 11) is 0. The first kappa shape index (κ1) is 27.7. The molecular formula is C29H31ClN2O5S. The van der Waals surface area contributed by atoms with Crippen LogP contribution in [-0.2, 0) is 9.53 Å². The van der Waals surface area contributed by atoms with Gasteiger partial charge < -0.3 is 14.2 Å². The zero-order valence-corrected chi connectivity index (χ0v) is 23.7. The highest BCUT2D eigenvalue weighted by atomic mass is 35.5. The van der Waals surface area contributed by atoms with Gasteiger partial charge >= 0.3 is 5.97 Å². The van der Waals surface area contributed by atoms with Gasteiger partial charge in [-0.25, -0.2) is 9.79 Å². The van der Waals surface area contributed by atoms with Gasteiger partial charge in [-0.15, -0.1) is 0 Å². The molecule has 38 heavy (non-hydrogen) atoms. The van der Waals surface area contributed by atoms with Gasteiger partial charge in [0.1, 0.15) is 6.04 Å².